The second-order valence-electron chi connectivity index (χ2n) is 6.84. The van der Waals surface area contributed by atoms with Gasteiger partial charge in [-0.1, -0.05) is 30.3 Å². The van der Waals surface area contributed by atoms with Crippen LogP contribution in [-0.4, -0.2) is 18.9 Å². The summed E-state index contributed by atoms with van der Waals surface area (Å²) < 4.78 is 5.15. The fourth-order valence-corrected chi connectivity index (χ4v) is 4.19. The molecular formula is C21H21NO3. The number of benzene rings is 2. The summed E-state index contributed by atoms with van der Waals surface area (Å²) in [5.41, 5.74) is 1.91. The van der Waals surface area contributed by atoms with Crippen molar-refractivity contribution in [3.8, 4) is 5.75 Å². The topological polar surface area (TPSA) is 46.6 Å². The van der Waals surface area contributed by atoms with E-state index in [2.05, 4.69) is 12.1 Å². The van der Waals surface area contributed by atoms with Crippen molar-refractivity contribution in [1.29, 1.82) is 0 Å². The molecule has 2 aromatic carbocycles. The summed E-state index contributed by atoms with van der Waals surface area (Å²) in [6.45, 7) is 0. The molecule has 4 heteroatoms. The zero-order chi connectivity index (χ0) is 17.4. The minimum Gasteiger partial charge on any atom is -0.497 e. The van der Waals surface area contributed by atoms with Crippen LogP contribution >= 0.6 is 0 Å². The van der Waals surface area contributed by atoms with Crippen LogP contribution in [-0.2, 0) is 9.59 Å². The van der Waals surface area contributed by atoms with Gasteiger partial charge in [-0.05, 0) is 55.0 Å². The van der Waals surface area contributed by atoms with E-state index in [0.717, 1.165) is 19.3 Å². The number of ether oxygens (including phenoxy) is 1. The van der Waals surface area contributed by atoms with Crippen LogP contribution < -0.4 is 9.64 Å². The van der Waals surface area contributed by atoms with Crippen molar-refractivity contribution in [2.24, 2.45) is 11.8 Å². The molecule has 3 atom stereocenters. The molecule has 1 aliphatic carbocycles. The lowest BCUT2D eigenvalue weighted by molar-refractivity contribution is -0.122. The Bertz CT molecular complexity index is 785. The smallest absolute Gasteiger partial charge is 0.237 e. The molecule has 2 aliphatic rings. The number of rotatable bonds is 3. The van der Waals surface area contributed by atoms with Crippen LogP contribution in [0.3, 0.4) is 0 Å². The van der Waals surface area contributed by atoms with Crippen molar-refractivity contribution < 1.29 is 14.3 Å². The van der Waals surface area contributed by atoms with Gasteiger partial charge in [0, 0.05) is 0 Å². The van der Waals surface area contributed by atoms with Gasteiger partial charge in [-0.25, -0.2) is 0 Å². The summed E-state index contributed by atoms with van der Waals surface area (Å²) in [5.74, 6) is 0.593. The van der Waals surface area contributed by atoms with Crippen LogP contribution in [0.4, 0.5) is 5.69 Å². The Morgan fingerprint density at radius 2 is 1.56 bits per heavy atom. The van der Waals surface area contributed by atoms with Crippen molar-refractivity contribution in [3.05, 3.63) is 60.2 Å². The van der Waals surface area contributed by atoms with Gasteiger partial charge in [-0.2, -0.15) is 0 Å². The van der Waals surface area contributed by atoms with E-state index in [1.54, 1.807) is 31.4 Å². The van der Waals surface area contributed by atoms with E-state index in [1.165, 1.54) is 10.5 Å². The molecule has 0 unspecified atom stereocenters. The number of imide groups is 1. The van der Waals surface area contributed by atoms with Crippen molar-refractivity contribution >= 4 is 17.5 Å². The monoisotopic (exact) mass is 335 g/mol. The highest BCUT2D eigenvalue weighted by molar-refractivity contribution is 6.22. The third-order valence-corrected chi connectivity index (χ3v) is 5.53. The molecule has 2 aromatic rings. The molecule has 0 N–H and O–H groups in total. The maximum atomic E-state index is 13.0. The second kappa shape index (κ2) is 6.36. The molecular weight excluding hydrogens is 314 g/mol. The minimum absolute atomic E-state index is 0.0494. The normalized spacial score (nSPS) is 25.8. The Hall–Kier alpha value is -2.62. The number of hydrogen-bond donors (Lipinski definition) is 0. The average Bonchev–Trinajstić information content (AvgIpc) is 2.93. The van der Waals surface area contributed by atoms with Gasteiger partial charge >= 0.3 is 0 Å². The van der Waals surface area contributed by atoms with Crippen molar-refractivity contribution in [1.82, 2.24) is 0 Å². The zero-order valence-electron chi connectivity index (χ0n) is 14.2. The van der Waals surface area contributed by atoms with E-state index in [0.29, 0.717) is 17.4 Å². The largest absolute Gasteiger partial charge is 0.497 e. The Balaban J connectivity index is 1.58. The van der Waals surface area contributed by atoms with Gasteiger partial charge in [0.2, 0.25) is 11.8 Å². The highest BCUT2D eigenvalue weighted by atomic mass is 16.5. The first-order valence-corrected chi connectivity index (χ1v) is 8.76. The number of anilines is 1. The highest BCUT2D eigenvalue weighted by Gasteiger charge is 2.50. The molecule has 4 nitrogen and oxygen atoms in total. The van der Waals surface area contributed by atoms with Crippen LogP contribution in [0.5, 0.6) is 5.75 Å². The molecule has 4 rings (SSSR count). The summed E-state index contributed by atoms with van der Waals surface area (Å²) in [4.78, 5) is 27.2. The van der Waals surface area contributed by atoms with Crippen molar-refractivity contribution in [2.75, 3.05) is 12.0 Å². The standard InChI is InChI=1S/C21H21NO3/c1-25-17-10-8-16(9-11-17)22-20(23)18-12-7-15(13-19(18)21(22)24)14-5-3-2-4-6-14/h2-6,8-11,15,18-19H,7,12-13H2,1H3/t15-,18+,19+/m0/s1. The zero-order valence-corrected chi connectivity index (χ0v) is 14.2. The van der Waals surface area contributed by atoms with E-state index in [-0.39, 0.29) is 23.7 Å². The number of hydrogen-bond acceptors (Lipinski definition) is 3. The molecule has 1 saturated heterocycles. The summed E-state index contributed by atoms with van der Waals surface area (Å²) in [5, 5.41) is 0. The highest BCUT2D eigenvalue weighted by Crippen LogP contribution is 2.45. The SMILES string of the molecule is COc1ccc(N2C(=O)[C@@H]3CC[C@H](c4ccccc4)C[C@H]3C2=O)cc1. The quantitative estimate of drug-likeness (QED) is 0.802. The molecule has 0 radical (unpaired) electrons. The lowest BCUT2D eigenvalue weighted by Gasteiger charge is -2.28. The molecule has 2 amide bonds. The maximum Gasteiger partial charge on any atom is 0.237 e. The average molecular weight is 335 g/mol. The molecule has 25 heavy (non-hydrogen) atoms. The molecule has 0 bridgehead atoms. The number of amides is 2. The number of methoxy groups -OCH3 is 1. The molecule has 1 saturated carbocycles. The first-order chi connectivity index (χ1) is 12.2. The molecule has 2 fully saturated rings. The van der Waals surface area contributed by atoms with Crippen molar-refractivity contribution in [3.63, 3.8) is 0 Å². The summed E-state index contributed by atoms with van der Waals surface area (Å²) in [6.07, 6.45) is 2.49. The van der Waals surface area contributed by atoms with Crippen LogP contribution in [0.15, 0.2) is 54.6 Å². The summed E-state index contributed by atoms with van der Waals surface area (Å²) >= 11 is 0. The first-order valence-electron chi connectivity index (χ1n) is 8.76. The van der Waals surface area contributed by atoms with E-state index < -0.39 is 0 Å². The van der Waals surface area contributed by atoms with Crippen molar-refractivity contribution in [2.45, 2.75) is 25.2 Å². The van der Waals surface area contributed by atoms with E-state index in [4.69, 9.17) is 4.74 Å². The molecule has 1 heterocycles. The van der Waals surface area contributed by atoms with Gasteiger partial charge < -0.3 is 4.74 Å². The third-order valence-electron chi connectivity index (χ3n) is 5.53. The fourth-order valence-electron chi connectivity index (χ4n) is 4.19. The number of fused-ring (bicyclic) bond motifs is 1. The lowest BCUT2D eigenvalue weighted by Crippen LogP contribution is -2.30. The molecule has 1 aliphatic heterocycles. The molecule has 0 aromatic heterocycles. The van der Waals surface area contributed by atoms with Gasteiger partial charge in [0.25, 0.3) is 0 Å². The van der Waals surface area contributed by atoms with Crippen LogP contribution in [0.1, 0.15) is 30.7 Å². The molecule has 0 spiro atoms. The van der Waals surface area contributed by atoms with Gasteiger partial charge in [0.05, 0.1) is 24.6 Å². The van der Waals surface area contributed by atoms with Crippen LogP contribution in [0, 0.1) is 11.8 Å². The Morgan fingerprint density at radius 1 is 0.880 bits per heavy atom. The van der Waals surface area contributed by atoms with E-state index in [9.17, 15) is 9.59 Å². The Labute approximate surface area is 147 Å². The molecule has 128 valence electrons. The lowest BCUT2D eigenvalue weighted by atomic mass is 9.73. The van der Waals surface area contributed by atoms with Gasteiger partial charge in [0.15, 0.2) is 0 Å². The fraction of sp³-hybridized carbons (Fsp3) is 0.333. The Morgan fingerprint density at radius 3 is 2.24 bits per heavy atom. The van der Waals surface area contributed by atoms with Gasteiger partial charge in [-0.15, -0.1) is 0 Å². The Kier molecular flexibility index (Phi) is 4.04. The minimum atomic E-state index is -0.200. The summed E-state index contributed by atoms with van der Waals surface area (Å²) in [7, 11) is 1.60. The predicted octanol–water partition coefficient (Wildman–Crippen LogP) is 3.77. The first kappa shape index (κ1) is 15.9. The van der Waals surface area contributed by atoms with Gasteiger partial charge in [0.1, 0.15) is 5.75 Å². The van der Waals surface area contributed by atoms with E-state index in [1.807, 2.05) is 18.2 Å². The summed E-state index contributed by atoms with van der Waals surface area (Å²) in [6, 6.07) is 17.4. The third kappa shape index (κ3) is 2.72. The van der Waals surface area contributed by atoms with Crippen LogP contribution in [0.25, 0.3) is 0 Å². The number of nitrogens with zero attached hydrogens (tertiary/aromatic N) is 1. The second-order valence-corrected chi connectivity index (χ2v) is 6.84. The van der Waals surface area contributed by atoms with Crippen LogP contribution in [0.2, 0.25) is 0 Å². The maximum absolute atomic E-state index is 13.0. The van der Waals surface area contributed by atoms with Gasteiger partial charge in [-0.3, -0.25) is 14.5 Å². The number of carbonyl (C=O) groups is 2. The number of carbonyl (C=O) groups excluding carboxylic acids is 2. The van der Waals surface area contributed by atoms with E-state index >= 15 is 0 Å². The predicted molar refractivity (Wildman–Crippen MR) is 95.5 cm³/mol.